The Morgan fingerprint density at radius 2 is 1.97 bits per heavy atom. The summed E-state index contributed by atoms with van der Waals surface area (Å²) in [5.74, 6) is -0.311. The lowest BCUT2D eigenvalue weighted by Gasteiger charge is -2.35. The third kappa shape index (κ3) is 4.07. The minimum absolute atomic E-state index is 0.140. The molecule has 0 atom stereocenters. The number of rotatable bonds is 5. The van der Waals surface area contributed by atoms with E-state index in [0.717, 1.165) is 48.6 Å². The summed E-state index contributed by atoms with van der Waals surface area (Å²) in [5, 5.41) is 14.2. The zero-order valence-electron chi connectivity index (χ0n) is 18.1. The van der Waals surface area contributed by atoms with Gasteiger partial charge in [-0.25, -0.2) is 14.8 Å². The molecule has 1 saturated heterocycles. The normalized spacial score (nSPS) is 14.5. The molecule has 168 valence electrons. The minimum atomic E-state index is -1.03. The smallest absolute Gasteiger partial charge is 0.335 e. The van der Waals surface area contributed by atoms with Crippen LogP contribution in [0.1, 0.15) is 44.7 Å². The molecule has 0 radical (unpaired) electrons. The first kappa shape index (κ1) is 21.1. The molecular weight excluding hydrogens is 438 g/mol. The first-order chi connectivity index (χ1) is 16.0. The summed E-state index contributed by atoms with van der Waals surface area (Å²) >= 11 is 1.35. The number of thiophene rings is 1. The molecule has 1 aliphatic rings. The van der Waals surface area contributed by atoms with Gasteiger partial charge in [0.25, 0.3) is 5.91 Å². The fraction of sp³-hybridized carbons (Fsp3) is 0.250. The third-order valence-corrected chi connectivity index (χ3v) is 6.90. The number of aromatic nitrogens is 3. The van der Waals surface area contributed by atoms with E-state index in [-0.39, 0.29) is 17.5 Å². The molecule has 1 aromatic carbocycles. The number of pyridine rings is 1. The van der Waals surface area contributed by atoms with E-state index in [4.69, 9.17) is 0 Å². The van der Waals surface area contributed by atoms with Gasteiger partial charge in [0.15, 0.2) is 5.65 Å². The molecule has 0 saturated carbocycles. The highest BCUT2D eigenvalue weighted by molar-refractivity contribution is 7.12. The van der Waals surface area contributed by atoms with E-state index in [1.165, 1.54) is 17.4 Å². The van der Waals surface area contributed by atoms with Gasteiger partial charge in [-0.05, 0) is 61.5 Å². The van der Waals surface area contributed by atoms with Crippen molar-refractivity contribution < 1.29 is 14.7 Å². The van der Waals surface area contributed by atoms with Crippen LogP contribution >= 0.6 is 11.3 Å². The molecule has 33 heavy (non-hydrogen) atoms. The van der Waals surface area contributed by atoms with Crippen LogP contribution in [0.15, 0.2) is 54.0 Å². The fourth-order valence-electron chi connectivity index (χ4n) is 4.48. The second kappa shape index (κ2) is 8.67. The van der Waals surface area contributed by atoms with Crippen LogP contribution in [0.3, 0.4) is 0 Å². The Morgan fingerprint density at radius 3 is 2.70 bits per heavy atom. The van der Waals surface area contributed by atoms with Gasteiger partial charge in [0.1, 0.15) is 11.3 Å². The molecule has 1 fully saturated rings. The van der Waals surface area contributed by atoms with E-state index in [2.05, 4.69) is 24.8 Å². The number of nitrogens with one attached hydrogen (secondary N) is 1. The summed E-state index contributed by atoms with van der Waals surface area (Å²) in [5.41, 5.74) is 3.29. The Kier molecular flexibility index (Phi) is 5.55. The van der Waals surface area contributed by atoms with Gasteiger partial charge in [-0.3, -0.25) is 4.79 Å². The Balaban J connectivity index is 1.39. The van der Waals surface area contributed by atoms with Gasteiger partial charge in [-0.1, -0.05) is 6.07 Å². The summed E-state index contributed by atoms with van der Waals surface area (Å²) in [4.78, 5) is 36.2. The first-order valence-electron chi connectivity index (χ1n) is 10.8. The molecule has 0 unspecified atom stereocenters. The quantitative estimate of drug-likeness (QED) is 0.451. The number of fused-ring (bicyclic) bond motifs is 1. The van der Waals surface area contributed by atoms with Crippen molar-refractivity contribution >= 4 is 45.8 Å². The topological polar surface area (TPSA) is 100 Å². The lowest BCUT2D eigenvalue weighted by Crippen LogP contribution is -2.35. The van der Waals surface area contributed by atoms with Gasteiger partial charge >= 0.3 is 5.97 Å². The number of nitrogens with zero attached hydrogens (tertiary/aromatic N) is 4. The van der Waals surface area contributed by atoms with Crippen molar-refractivity contribution in [3.8, 4) is 0 Å². The number of hydrogen-bond acceptors (Lipinski definition) is 6. The van der Waals surface area contributed by atoms with Crippen molar-refractivity contribution in [3.05, 3.63) is 70.3 Å². The predicted molar refractivity (Wildman–Crippen MR) is 128 cm³/mol. The lowest BCUT2D eigenvalue weighted by atomic mass is 10.0. The molecule has 4 heterocycles. The zero-order chi connectivity index (χ0) is 22.9. The fourth-order valence-corrected chi connectivity index (χ4v) is 5.10. The Morgan fingerprint density at radius 1 is 1.15 bits per heavy atom. The molecule has 8 nitrogen and oxygen atoms in total. The molecule has 5 rings (SSSR count). The maximum Gasteiger partial charge on any atom is 0.335 e. The summed E-state index contributed by atoms with van der Waals surface area (Å²) in [6.45, 7) is 3.55. The molecule has 9 heteroatoms. The van der Waals surface area contributed by atoms with Crippen molar-refractivity contribution in [1.82, 2.24) is 14.5 Å². The zero-order valence-corrected chi connectivity index (χ0v) is 18.9. The van der Waals surface area contributed by atoms with Gasteiger partial charge in [0.05, 0.1) is 21.8 Å². The first-order valence-corrected chi connectivity index (χ1v) is 11.7. The molecular formula is C24H23N5O3S. The number of carbonyl (C=O) groups is 2. The maximum absolute atomic E-state index is 12.7. The summed E-state index contributed by atoms with van der Waals surface area (Å²) in [6, 6.07) is 12.6. The SMILES string of the molecule is Cc1nc2cccnc2n1C1CCN(c2ccc(C(=O)O)cc2NC(=O)c2cccs2)CC1. The van der Waals surface area contributed by atoms with E-state index in [9.17, 15) is 14.7 Å². The largest absolute Gasteiger partial charge is 0.478 e. The molecule has 1 amide bonds. The highest BCUT2D eigenvalue weighted by Gasteiger charge is 2.26. The van der Waals surface area contributed by atoms with E-state index < -0.39 is 5.97 Å². The standard InChI is InChI=1S/C24H23N5O3S/c1-15-26-18-4-2-10-25-22(18)29(15)17-8-11-28(12-9-17)20-7-6-16(24(31)32)14-19(20)27-23(30)21-5-3-13-33-21/h2-7,10,13-14,17H,8-9,11-12H2,1H3,(H,27,30)(H,31,32). The number of benzene rings is 1. The highest BCUT2D eigenvalue weighted by atomic mass is 32.1. The Hall–Kier alpha value is -3.72. The Labute approximate surface area is 194 Å². The van der Waals surface area contributed by atoms with Gasteiger partial charge < -0.3 is 19.9 Å². The number of aryl methyl sites for hydroxylation is 1. The Bertz CT molecular complexity index is 1320. The third-order valence-electron chi connectivity index (χ3n) is 6.03. The summed E-state index contributed by atoms with van der Waals surface area (Å²) < 4.78 is 2.22. The van der Waals surface area contributed by atoms with Crippen molar-refractivity contribution in [2.45, 2.75) is 25.8 Å². The van der Waals surface area contributed by atoms with Crippen molar-refractivity contribution in [2.24, 2.45) is 0 Å². The number of amides is 1. The summed E-state index contributed by atoms with van der Waals surface area (Å²) in [6.07, 6.45) is 3.57. The average Bonchev–Trinajstić information content (AvgIpc) is 3.47. The molecule has 0 aliphatic carbocycles. The van der Waals surface area contributed by atoms with Crippen LogP contribution in [0.2, 0.25) is 0 Å². The molecule has 3 aromatic heterocycles. The van der Waals surface area contributed by atoms with E-state index in [1.54, 1.807) is 24.4 Å². The van der Waals surface area contributed by atoms with E-state index >= 15 is 0 Å². The van der Waals surface area contributed by atoms with Crippen LogP contribution in [0.5, 0.6) is 0 Å². The van der Waals surface area contributed by atoms with Gasteiger partial charge in [-0.15, -0.1) is 11.3 Å². The highest BCUT2D eigenvalue weighted by Crippen LogP contribution is 2.34. The minimum Gasteiger partial charge on any atom is -0.478 e. The van der Waals surface area contributed by atoms with E-state index in [1.807, 2.05) is 30.5 Å². The average molecular weight is 462 g/mol. The van der Waals surface area contributed by atoms with Crippen molar-refractivity contribution in [2.75, 3.05) is 23.3 Å². The number of hydrogen-bond donors (Lipinski definition) is 2. The van der Waals surface area contributed by atoms with Crippen LogP contribution in [0, 0.1) is 6.92 Å². The number of piperidine rings is 1. The summed E-state index contributed by atoms with van der Waals surface area (Å²) in [7, 11) is 0. The van der Waals surface area contributed by atoms with E-state index in [0.29, 0.717) is 10.6 Å². The van der Waals surface area contributed by atoms with Crippen molar-refractivity contribution in [3.63, 3.8) is 0 Å². The van der Waals surface area contributed by atoms with Crippen LogP contribution in [-0.4, -0.2) is 44.6 Å². The molecule has 0 bridgehead atoms. The van der Waals surface area contributed by atoms with Crippen molar-refractivity contribution in [1.29, 1.82) is 0 Å². The second-order valence-corrected chi connectivity index (χ2v) is 9.01. The van der Waals surface area contributed by atoms with Crippen LogP contribution in [-0.2, 0) is 0 Å². The molecule has 2 N–H and O–H groups in total. The lowest BCUT2D eigenvalue weighted by molar-refractivity contribution is 0.0696. The van der Waals surface area contributed by atoms with Crippen LogP contribution in [0.4, 0.5) is 11.4 Å². The number of carbonyl (C=O) groups excluding carboxylic acids is 1. The maximum atomic E-state index is 12.7. The molecule has 1 aliphatic heterocycles. The number of imidazole rings is 1. The molecule has 4 aromatic rings. The van der Waals surface area contributed by atoms with Crippen LogP contribution < -0.4 is 10.2 Å². The number of carboxylic acids is 1. The van der Waals surface area contributed by atoms with Gasteiger partial charge in [-0.2, -0.15) is 0 Å². The van der Waals surface area contributed by atoms with Crippen LogP contribution in [0.25, 0.3) is 11.2 Å². The van der Waals surface area contributed by atoms with Gasteiger partial charge in [0.2, 0.25) is 0 Å². The predicted octanol–water partition coefficient (Wildman–Crippen LogP) is 4.59. The molecule has 0 spiro atoms. The van der Waals surface area contributed by atoms with Gasteiger partial charge in [0, 0.05) is 25.3 Å². The monoisotopic (exact) mass is 461 g/mol. The number of aromatic carboxylic acids is 1. The number of anilines is 2. The number of carboxylic acid groups (broad SMARTS) is 1. The second-order valence-electron chi connectivity index (χ2n) is 8.06.